The molecule has 1 heterocycles. The number of hydrogen-bond donors (Lipinski definition) is 1. The SMILES string of the molecule is C=CCn1c(S[C@@H](C)C(=O)Nc2cccc(S(=O)(=O)N(C)C)c2)nc2ccccc21. The molecule has 158 valence electrons. The molecule has 0 fully saturated rings. The first kappa shape index (κ1) is 22.1. The summed E-state index contributed by atoms with van der Waals surface area (Å²) in [7, 11) is -0.643. The zero-order valence-electron chi connectivity index (χ0n) is 17.1. The van der Waals surface area contributed by atoms with E-state index in [1.165, 1.54) is 38.0 Å². The second kappa shape index (κ2) is 9.03. The fourth-order valence-electron chi connectivity index (χ4n) is 2.85. The van der Waals surface area contributed by atoms with Crippen LogP contribution in [0.2, 0.25) is 0 Å². The van der Waals surface area contributed by atoms with Gasteiger partial charge in [0.25, 0.3) is 0 Å². The lowest BCUT2D eigenvalue weighted by molar-refractivity contribution is -0.115. The molecule has 1 atom stereocenters. The van der Waals surface area contributed by atoms with Crippen molar-refractivity contribution in [1.82, 2.24) is 13.9 Å². The lowest BCUT2D eigenvalue weighted by Crippen LogP contribution is -2.24. The van der Waals surface area contributed by atoms with E-state index in [4.69, 9.17) is 0 Å². The van der Waals surface area contributed by atoms with Crippen molar-refractivity contribution in [2.45, 2.75) is 28.8 Å². The van der Waals surface area contributed by atoms with Crippen LogP contribution in [0, 0.1) is 0 Å². The fraction of sp³-hybridized carbons (Fsp3) is 0.238. The van der Waals surface area contributed by atoms with Crippen molar-refractivity contribution >= 4 is 44.4 Å². The number of para-hydroxylation sites is 2. The summed E-state index contributed by atoms with van der Waals surface area (Å²) in [6, 6.07) is 14.0. The number of sulfonamides is 1. The minimum absolute atomic E-state index is 0.124. The van der Waals surface area contributed by atoms with Crippen LogP contribution in [0.1, 0.15) is 6.92 Å². The first-order valence-corrected chi connectivity index (χ1v) is 11.6. The number of rotatable bonds is 8. The third-order valence-electron chi connectivity index (χ3n) is 4.46. The van der Waals surface area contributed by atoms with Crippen molar-refractivity contribution in [3.63, 3.8) is 0 Å². The number of hydrogen-bond acceptors (Lipinski definition) is 5. The minimum atomic E-state index is -3.58. The van der Waals surface area contributed by atoms with Crippen molar-refractivity contribution in [3.8, 4) is 0 Å². The second-order valence-corrected chi connectivity index (χ2v) is 10.3. The molecular weight excluding hydrogens is 420 g/mol. The maximum atomic E-state index is 12.7. The van der Waals surface area contributed by atoms with E-state index in [-0.39, 0.29) is 10.8 Å². The number of thioether (sulfide) groups is 1. The lowest BCUT2D eigenvalue weighted by atomic mass is 10.3. The number of carbonyl (C=O) groups excluding carboxylic acids is 1. The highest BCUT2D eigenvalue weighted by Crippen LogP contribution is 2.28. The van der Waals surface area contributed by atoms with Crippen LogP contribution < -0.4 is 5.32 Å². The summed E-state index contributed by atoms with van der Waals surface area (Å²) in [6.45, 7) is 6.18. The Morgan fingerprint density at radius 2 is 2.00 bits per heavy atom. The summed E-state index contributed by atoms with van der Waals surface area (Å²) in [6.07, 6.45) is 1.79. The third-order valence-corrected chi connectivity index (χ3v) is 7.36. The Balaban J connectivity index is 1.79. The molecule has 3 aromatic rings. The van der Waals surface area contributed by atoms with Crippen LogP contribution in [-0.2, 0) is 21.4 Å². The molecule has 1 amide bonds. The molecule has 2 aromatic carbocycles. The van der Waals surface area contributed by atoms with Crippen molar-refractivity contribution in [1.29, 1.82) is 0 Å². The number of imidazole rings is 1. The highest BCUT2D eigenvalue weighted by atomic mass is 32.2. The molecule has 0 aliphatic carbocycles. The Bertz CT molecular complexity index is 1190. The first-order chi connectivity index (χ1) is 14.2. The maximum absolute atomic E-state index is 12.7. The van der Waals surface area contributed by atoms with Gasteiger partial charge in [-0.15, -0.1) is 6.58 Å². The molecule has 0 saturated carbocycles. The van der Waals surface area contributed by atoms with E-state index < -0.39 is 15.3 Å². The molecule has 0 aliphatic heterocycles. The van der Waals surface area contributed by atoms with Crippen molar-refractivity contribution in [2.75, 3.05) is 19.4 Å². The van der Waals surface area contributed by atoms with E-state index >= 15 is 0 Å². The van der Waals surface area contributed by atoms with Crippen molar-refractivity contribution < 1.29 is 13.2 Å². The van der Waals surface area contributed by atoms with Gasteiger partial charge in [0.15, 0.2) is 5.16 Å². The van der Waals surface area contributed by atoms with Crippen LogP contribution in [0.4, 0.5) is 5.69 Å². The molecule has 0 saturated heterocycles. The average molecular weight is 445 g/mol. The van der Waals surface area contributed by atoms with Gasteiger partial charge in [0, 0.05) is 26.3 Å². The molecule has 0 aliphatic rings. The van der Waals surface area contributed by atoms with Gasteiger partial charge in [-0.05, 0) is 37.3 Å². The van der Waals surface area contributed by atoms with Crippen molar-refractivity contribution in [3.05, 3.63) is 61.2 Å². The van der Waals surface area contributed by atoms with Gasteiger partial charge >= 0.3 is 0 Å². The highest BCUT2D eigenvalue weighted by Gasteiger charge is 2.21. The Hall–Kier alpha value is -2.62. The summed E-state index contributed by atoms with van der Waals surface area (Å²) in [5, 5.41) is 3.08. The van der Waals surface area contributed by atoms with E-state index in [0.29, 0.717) is 12.2 Å². The van der Waals surface area contributed by atoms with Crippen LogP contribution in [0.5, 0.6) is 0 Å². The van der Waals surface area contributed by atoms with Gasteiger partial charge in [0.2, 0.25) is 15.9 Å². The first-order valence-electron chi connectivity index (χ1n) is 9.30. The molecule has 9 heteroatoms. The predicted molar refractivity (Wildman–Crippen MR) is 121 cm³/mol. The Labute approximate surface area is 180 Å². The van der Waals surface area contributed by atoms with Crippen LogP contribution in [-0.4, -0.2) is 47.5 Å². The quantitative estimate of drug-likeness (QED) is 0.424. The van der Waals surface area contributed by atoms with E-state index in [0.717, 1.165) is 20.5 Å². The maximum Gasteiger partial charge on any atom is 0.242 e. The average Bonchev–Trinajstić information content (AvgIpc) is 3.05. The Morgan fingerprint density at radius 3 is 2.70 bits per heavy atom. The van der Waals surface area contributed by atoms with E-state index in [1.807, 2.05) is 28.8 Å². The smallest absolute Gasteiger partial charge is 0.242 e. The number of amides is 1. The second-order valence-electron chi connectivity index (χ2n) is 6.85. The molecule has 1 aromatic heterocycles. The molecule has 0 radical (unpaired) electrons. The van der Waals surface area contributed by atoms with Gasteiger partial charge < -0.3 is 9.88 Å². The zero-order valence-corrected chi connectivity index (χ0v) is 18.7. The van der Waals surface area contributed by atoms with E-state index in [9.17, 15) is 13.2 Å². The normalized spacial score (nSPS) is 12.8. The molecule has 1 N–H and O–H groups in total. The number of allylic oxidation sites excluding steroid dienone is 1. The monoisotopic (exact) mass is 444 g/mol. The predicted octanol–water partition coefficient (Wildman–Crippen LogP) is 3.59. The Morgan fingerprint density at radius 1 is 1.27 bits per heavy atom. The number of benzene rings is 2. The number of anilines is 1. The summed E-state index contributed by atoms with van der Waals surface area (Å²) in [4.78, 5) is 17.5. The number of nitrogens with one attached hydrogen (secondary N) is 1. The van der Waals surface area contributed by atoms with Crippen LogP contribution in [0.15, 0.2) is 71.2 Å². The summed E-state index contributed by atoms with van der Waals surface area (Å²) in [5.74, 6) is -0.239. The van der Waals surface area contributed by atoms with Gasteiger partial charge in [-0.3, -0.25) is 4.79 Å². The van der Waals surface area contributed by atoms with Gasteiger partial charge in [0.1, 0.15) is 0 Å². The molecule has 0 spiro atoms. The molecule has 30 heavy (non-hydrogen) atoms. The number of aromatic nitrogens is 2. The van der Waals surface area contributed by atoms with E-state index in [2.05, 4.69) is 16.9 Å². The molecule has 0 bridgehead atoms. The largest absolute Gasteiger partial charge is 0.325 e. The summed E-state index contributed by atoms with van der Waals surface area (Å²) < 4.78 is 27.8. The van der Waals surface area contributed by atoms with Gasteiger partial charge in [-0.2, -0.15) is 0 Å². The number of carbonyl (C=O) groups is 1. The standard InChI is InChI=1S/C21H24N4O3S2/c1-5-13-25-19-12-7-6-11-18(19)23-21(25)29-15(2)20(26)22-16-9-8-10-17(14-16)30(27,28)24(3)4/h5-12,14-15H,1,13H2,2-4H3,(H,22,26)/t15-/m0/s1. The van der Waals surface area contributed by atoms with E-state index in [1.54, 1.807) is 25.1 Å². The van der Waals surface area contributed by atoms with Gasteiger partial charge in [-0.25, -0.2) is 17.7 Å². The van der Waals surface area contributed by atoms with Crippen LogP contribution in [0.3, 0.4) is 0 Å². The zero-order chi connectivity index (χ0) is 21.9. The Kier molecular flexibility index (Phi) is 6.64. The van der Waals surface area contributed by atoms with Gasteiger partial charge in [-0.1, -0.05) is 36.0 Å². The molecule has 0 unspecified atom stereocenters. The molecule has 3 rings (SSSR count). The van der Waals surface area contributed by atoms with Crippen molar-refractivity contribution in [2.24, 2.45) is 0 Å². The summed E-state index contributed by atoms with van der Waals surface area (Å²) >= 11 is 1.34. The topological polar surface area (TPSA) is 84.3 Å². The summed E-state index contributed by atoms with van der Waals surface area (Å²) in [5.41, 5.74) is 2.26. The molecular formula is C21H24N4O3S2. The van der Waals surface area contributed by atoms with Gasteiger partial charge in [0.05, 0.1) is 21.2 Å². The van der Waals surface area contributed by atoms with Crippen LogP contribution in [0.25, 0.3) is 11.0 Å². The molecule has 7 nitrogen and oxygen atoms in total. The minimum Gasteiger partial charge on any atom is -0.325 e. The third kappa shape index (κ3) is 4.58. The number of nitrogens with zero attached hydrogens (tertiary/aromatic N) is 3. The highest BCUT2D eigenvalue weighted by molar-refractivity contribution is 8.00. The lowest BCUT2D eigenvalue weighted by Gasteiger charge is -2.15. The van der Waals surface area contributed by atoms with Crippen LogP contribution >= 0.6 is 11.8 Å². The fourth-order valence-corrected chi connectivity index (χ4v) is 4.73. The number of fused-ring (bicyclic) bond motifs is 1.